The minimum Gasteiger partial charge on any atom is -0.512 e. The Balaban J connectivity index is -0.000000174. The van der Waals surface area contributed by atoms with Crippen molar-refractivity contribution in [2.24, 2.45) is 0 Å². The Morgan fingerprint density at radius 1 is 0.516 bits per heavy atom. The summed E-state index contributed by atoms with van der Waals surface area (Å²) in [4.78, 5) is 29.7. The Bertz CT molecular complexity index is 594. The van der Waals surface area contributed by atoms with Crippen LogP contribution in [0.15, 0.2) is 35.5 Å². The van der Waals surface area contributed by atoms with E-state index in [1.165, 1.54) is 0 Å². The van der Waals surface area contributed by atoms with Crippen LogP contribution < -0.4 is 0 Å². The van der Waals surface area contributed by atoms with Crippen molar-refractivity contribution in [3.8, 4) is 0 Å². The van der Waals surface area contributed by atoms with Gasteiger partial charge in [-0.15, -0.1) is 0 Å². The summed E-state index contributed by atoms with van der Waals surface area (Å²) in [5, 5.41) is 24.7. The van der Waals surface area contributed by atoms with E-state index in [2.05, 4.69) is 0 Å². The second-order valence-corrected chi connectivity index (χ2v) is 4.94. The molecular weight excluding hydrogens is 598 g/mol. The van der Waals surface area contributed by atoms with E-state index >= 15 is 0 Å². The summed E-state index contributed by atoms with van der Waals surface area (Å²) in [6.45, 7) is 2.97. The molecule has 0 heterocycles. The van der Waals surface area contributed by atoms with Crippen molar-refractivity contribution in [3.05, 3.63) is 35.5 Å². The van der Waals surface area contributed by atoms with Crippen LogP contribution in [0.3, 0.4) is 0 Å². The fourth-order valence-electron chi connectivity index (χ4n) is 0.815. The van der Waals surface area contributed by atoms with Gasteiger partial charge >= 0.3 is 18.5 Å². The number of rotatable bonds is 3. The van der Waals surface area contributed by atoms with Crippen molar-refractivity contribution in [3.63, 3.8) is 0 Å². The van der Waals surface area contributed by atoms with E-state index in [9.17, 15) is 53.9 Å². The average Bonchev–Trinajstić information content (AvgIpc) is 2.43. The van der Waals surface area contributed by atoms with Gasteiger partial charge in [-0.3, -0.25) is 14.4 Å². The maximum atomic E-state index is 11.3. The van der Waals surface area contributed by atoms with E-state index < -0.39 is 53.2 Å². The Hall–Kier alpha value is -1.66. The molecule has 3 N–H and O–H groups in total. The Labute approximate surface area is 201 Å². The molecule has 0 saturated carbocycles. The zero-order chi connectivity index (χ0) is 25.1. The molecule has 180 valence electrons. The number of allylic oxidation sites excluding steroid dienone is 6. The SMILES string of the molecule is CC(O)=CC(=O)C(F)(F)F.CC(O)=CC(=O)C(F)(F)F.CC(O)=CC(=O)C(F)(F)F.[Sm]. The monoisotopic (exact) mass is 614 g/mol. The minimum atomic E-state index is -4.88. The van der Waals surface area contributed by atoms with Gasteiger partial charge in [-0.05, 0) is 20.8 Å². The number of aliphatic hydroxyl groups excluding tert-OH is 3. The van der Waals surface area contributed by atoms with Crippen molar-refractivity contribution >= 4 is 17.3 Å². The maximum Gasteiger partial charge on any atom is 0.454 e. The van der Waals surface area contributed by atoms with Gasteiger partial charge in [-0.1, -0.05) is 0 Å². The van der Waals surface area contributed by atoms with E-state index in [1.54, 1.807) is 0 Å². The van der Waals surface area contributed by atoms with Crippen LogP contribution in [-0.4, -0.2) is 51.2 Å². The molecule has 0 radical (unpaired) electrons. The van der Waals surface area contributed by atoms with E-state index in [1.807, 2.05) is 0 Å². The molecule has 0 spiro atoms. The second kappa shape index (κ2) is 15.2. The summed E-state index contributed by atoms with van der Waals surface area (Å²) >= 11 is 0. The third kappa shape index (κ3) is 24.5. The molecule has 0 atom stereocenters. The fraction of sp³-hybridized carbons (Fsp3) is 0.400. The minimum absolute atomic E-state index is 0. The normalized spacial score (nSPS) is 13.0. The number of ketones is 3. The molecule has 0 saturated heterocycles. The van der Waals surface area contributed by atoms with Crippen molar-refractivity contribution in [1.29, 1.82) is 0 Å². The van der Waals surface area contributed by atoms with Crippen LogP contribution in [-0.2, 0) is 14.4 Å². The summed E-state index contributed by atoms with van der Waals surface area (Å²) in [6.07, 6.45) is -14.3. The van der Waals surface area contributed by atoms with E-state index in [0.717, 1.165) is 20.8 Å². The first-order chi connectivity index (χ1) is 13.0. The average molecular weight is 613 g/mol. The van der Waals surface area contributed by atoms with Crippen molar-refractivity contribution in [2.45, 2.75) is 39.3 Å². The van der Waals surface area contributed by atoms with Gasteiger partial charge in [0.15, 0.2) is 0 Å². The smallest absolute Gasteiger partial charge is 0.454 e. The second-order valence-electron chi connectivity index (χ2n) is 4.94. The molecule has 0 fully saturated rings. The van der Waals surface area contributed by atoms with Crippen molar-refractivity contribution in [2.75, 3.05) is 0 Å². The van der Waals surface area contributed by atoms with E-state index in [4.69, 9.17) is 15.3 Å². The Morgan fingerprint density at radius 2 is 0.645 bits per heavy atom. The van der Waals surface area contributed by atoms with Crippen LogP contribution in [0, 0.1) is 40.4 Å². The standard InChI is InChI=1S/3C5H5F3O2.Sm/c3*1-3(9)2-4(10)5(6,7)8;/h3*2,9H,1H3;. The zero-order valence-electron chi connectivity index (χ0n) is 15.6. The van der Waals surface area contributed by atoms with Gasteiger partial charge in [0.2, 0.25) is 0 Å². The van der Waals surface area contributed by atoms with Gasteiger partial charge in [0.25, 0.3) is 17.3 Å². The summed E-state index contributed by atoms with van der Waals surface area (Å²) in [7, 11) is 0. The topological polar surface area (TPSA) is 112 Å². The van der Waals surface area contributed by atoms with Crippen LogP contribution in [0.4, 0.5) is 39.5 Å². The number of aliphatic hydroxyl groups is 3. The molecule has 0 aliphatic heterocycles. The summed E-state index contributed by atoms with van der Waals surface area (Å²) < 4.78 is 102. The number of carbonyl (C=O) groups excluding carboxylic acids is 3. The van der Waals surface area contributed by atoms with Crippen LogP contribution in [0.5, 0.6) is 0 Å². The molecule has 0 aliphatic carbocycles. The van der Waals surface area contributed by atoms with E-state index in [-0.39, 0.29) is 58.6 Å². The fourth-order valence-corrected chi connectivity index (χ4v) is 0.815. The van der Waals surface area contributed by atoms with Crippen LogP contribution in [0.2, 0.25) is 0 Å². The van der Waals surface area contributed by atoms with Gasteiger partial charge < -0.3 is 15.3 Å². The third-order valence-corrected chi connectivity index (χ3v) is 1.86. The maximum absolute atomic E-state index is 11.3. The quantitative estimate of drug-likeness (QED) is 0.241. The first-order valence-electron chi connectivity index (χ1n) is 6.97. The molecule has 31 heavy (non-hydrogen) atoms. The Kier molecular flexibility index (Phi) is 18.0. The molecule has 6 nitrogen and oxygen atoms in total. The number of carbonyl (C=O) groups is 3. The summed E-state index contributed by atoms with van der Waals surface area (Å²) in [5.41, 5.74) is 0. The summed E-state index contributed by atoms with van der Waals surface area (Å²) in [6, 6.07) is 0. The molecule has 0 bridgehead atoms. The van der Waals surface area contributed by atoms with Gasteiger partial charge in [0.05, 0.1) is 17.3 Å². The van der Waals surface area contributed by atoms with Crippen molar-refractivity contribution < 1.29 is 110 Å². The first-order valence-corrected chi connectivity index (χ1v) is 6.97. The molecular formula is C15H15F9O6Sm. The molecule has 0 aromatic heterocycles. The zero-order valence-corrected chi connectivity index (χ0v) is 18.2. The van der Waals surface area contributed by atoms with Gasteiger partial charge in [-0.2, -0.15) is 39.5 Å². The molecule has 0 amide bonds. The van der Waals surface area contributed by atoms with Crippen LogP contribution in [0.25, 0.3) is 0 Å². The van der Waals surface area contributed by atoms with Gasteiger partial charge in [0.1, 0.15) is 0 Å². The molecule has 0 aromatic rings. The predicted molar refractivity (Wildman–Crippen MR) is 82.3 cm³/mol. The molecule has 16 heteroatoms. The third-order valence-electron chi connectivity index (χ3n) is 1.86. The molecule has 0 aromatic carbocycles. The number of hydrogen-bond donors (Lipinski definition) is 3. The number of hydrogen-bond acceptors (Lipinski definition) is 6. The van der Waals surface area contributed by atoms with Gasteiger partial charge in [-0.25, -0.2) is 0 Å². The van der Waals surface area contributed by atoms with Gasteiger partial charge in [0, 0.05) is 58.6 Å². The first kappa shape index (κ1) is 36.7. The van der Waals surface area contributed by atoms with Crippen molar-refractivity contribution in [1.82, 2.24) is 0 Å². The number of halogens is 9. The van der Waals surface area contributed by atoms with Crippen LogP contribution in [0.1, 0.15) is 20.8 Å². The van der Waals surface area contributed by atoms with Crippen LogP contribution >= 0.6 is 0 Å². The van der Waals surface area contributed by atoms with E-state index in [0.29, 0.717) is 0 Å². The number of alkyl halides is 9. The Morgan fingerprint density at radius 3 is 0.677 bits per heavy atom. The summed E-state index contributed by atoms with van der Waals surface area (Å²) in [5.74, 6) is -8.10. The molecule has 0 rings (SSSR count). The predicted octanol–water partition coefficient (Wildman–Crippen LogP) is 4.74. The molecule has 0 aliphatic rings. The molecule has 0 unspecified atom stereocenters. The largest absolute Gasteiger partial charge is 0.512 e.